The number of alkyl halides is 3. The molecule has 0 bridgehead atoms. The summed E-state index contributed by atoms with van der Waals surface area (Å²) in [5.74, 6) is -0.384. The Labute approximate surface area is 72.8 Å². The zero-order valence-corrected chi connectivity index (χ0v) is 7.13. The summed E-state index contributed by atoms with van der Waals surface area (Å²) in [6.07, 6.45) is -5.75. The molecule has 3 nitrogen and oxygen atoms in total. The first kappa shape index (κ1) is 10.0. The molecule has 1 heterocycles. The van der Waals surface area contributed by atoms with Gasteiger partial charge in [-0.2, -0.15) is 13.2 Å². The third-order valence-corrected chi connectivity index (χ3v) is 1.59. The van der Waals surface area contributed by atoms with Crippen LogP contribution in [0.3, 0.4) is 0 Å². The van der Waals surface area contributed by atoms with Crippen LogP contribution in [-0.2, 0) is 7.05 Å². The van der Waals surface area contributed by atoms with E-state index in [4.69, 9.17) is 5.11 Å². The van der Waals surface area contributed by atoms with Gasteiger partial charge in [0.05, 0.1) is 5.69 Å². The van der Waals surface area contributed by atoms with Gasteiger partial charge in [0.25, 0.3) is 0 Å². The molecule has 13 heavy (non-hydrogen) atoms. The van der Waals surface area contributed by atoms with Crippen LogP contribution < -0.4 is 0 Å². The van der Waals surface area contributed by atoms with Crippen molar-refractivity contribution in [2.24, 2.45) is 7.05 Å². The Balaban J connectivity index is 3.01. The quantitative estimate of drug-likeness (QED) is 0.732. The molecule has 0 aliphatic heterocycles. The summed E-state index contributed by atoms with van der Waals surface area (Å²) >= 11 is 0. The van der Waals surface area contributed by atoms with Gasteiger partial charge in [-0.25, -0.2) is 4.98 Å². The van der Waals surface area contributed by atoms with Crippen molar-refractivity contribution in [3.8, 4) is 0 Å². The van der Waals surface area contributed by atoms with Gasteiger partial charge in [-0.15, -0.1) is 0 Å². The van der Waals surface area contributed by atoms with Gasteiger partial charge in [-0.05, 0) is 6.92 Å². The van der Waals surface area contributed by atoms with E-state index in [1.165, 1.54) is 13.2 Å². The molecule has 1 aromatic heterocycles. The lowest BCUT2D eigenvalue weighted by atomic mass is 10.3. The van der Waals surface area contributed by atoms with Gasteiger partial charge in [0.15, 0.2) is 0 Å². The fourth-order valence-electron chi connectivity index (χ4n) is 1.04. The minimum atomic E-state index is -4.66. The smallest absolute Gasteiger partial charge is 0.377 e. The number of imidazole rings is 1. The molecule has 0 aliphatic carbocycles. The largest absolute Gasteiger partial charge is 0.421 e. The Morgan fingerprint density at radius 3 is 2.38 bits per heavy atom. The third kappa shape index (κ3) is 2.00. The Kier molecular flexibility index (Phi) is 2.34. The van der Waals surface area contributed by atoms with E-state index >= 15 is 0 Å². The monoisotopic (exact) mass is 194 g/mol. The van der Waals surface area contributed by atoms with Crippen LogP contribution in [0.2, 0.25) is 0 Å². The van der Waals surface area contributed by atoms with Crippen LogP contribution in [0.4, 0.5) is 13.2 Å². The second kappa shape index (κ2) is 3.02. The van der Waals surface area contributed by atoms with Crippen molar-refractivity contribution in [2.45, 2.75) is 19.2 Å². The molecule has 0 radical (unpaired) electrons. The Bertz CT molecular complexity index is 305. The maximum absolute atomic E-state index is 12.0. The van der Waals surface area contributed by atoms with E-state index in [1.54, 1.807) is 6.92 Å². The minimum Gasteiger partial charge on any atom is -0.377 e. The Morgan fingerprint density at radius 1 is 1.54 bits per heavy atom. The van der Waals surface area contributed by atoms with Crippen molar-refractivity contribution in [3.05, 3.63) is 17.7 Å². The summed E-state index contributed by atoms with van der Waals surface area (Å²) in [5.41, 5.74) is 0.445. The maximum Gasteiger partial charge on any atom is 0.421 e. The minimum absolute atomic E-state index is 0.384. The van der Waals surface area contributed by atoms with Crippen LogP contribution in [0.1, 0.15) is 17.6 Å². The van der Waals surface area contributed by atoms with Gasteiger partial charge in [-0.1, -0.05) is 0 Å². The van der Waals surface area contributed by atoms with Crippen LogP contribution in [0.15, 0.2) is 6.20 Å². The third-order valence-electron chi connectivity index (χ3n) is 1.59. The fourth-order valence-corrected chi connectivity index (χ4v) is 1.04. The second-order valence-electron chi connectivity index (χ2n) is 2.80. The van der Waals surface area contributed by atoms with E-state index in [-0.39, 0.29) is 5.82 Å². The average molecular weight is 194 g/mol. The molecule has 0 amide bonds. The van der Waals surface area contributed by atoms with E-state index in [1.807, 2.05) is 0 Å². The van der Waals surface area contributed by atoms with Gasteiger partial charge in [0, 0.05) is 13.2 Å². The molecular weight excluding hydrogens is 185 g/mol. The van der Waals surface area contributed by atoms with Crippen molar-refractivity contribution in [1.29, 1.82) is 0 Å². The molecule has 0 aromatic carbocycles. The van der Waals surface area contributed by atoms with Gasteiger partial charge in [-0.3, -0.25) is 0 Å². The zero-order chi connectivity index (χ0) is 10.2. The summed E-state index contributed by atoms with van der Waals surface area (Å²) in [4.78, 5) is 3.57. The van der Waals surface area contributed by atoms with Gasteiger partial charge < -0.3 is 9.67 Å². The molecule has 6 heteroatoms. The first-order valence-corrected chi connectivity index (χ1v) is 3.57. The molecule has 74 valence electrons. The van der Waals surface area contributed by atoms with Crippen LogP contribution in [0.5, 0.6) is 0 Å². The van der Waals surface area contributed by atoms with Gasteiger partial charge >= 0.3 is 6.18 Å². The predicted octanol–water partition coefficient (Wildman–Crippen LogP) is 1.32. The fraction of sp³-hybridized carbons (Fsp3) is 0.571. The van der Waals surface area contributed by atoms with E-state index in [9.17, 15) is 13.2 Å². The number of rotatable bonds is 1. The number of aliphatic hydroxyl groups excluding tert-OH is 1. The van der Waals surface area contributed by atoms with Crippen molar-refractivity contribution in [2.75, 3.05) is 0 Å². The topological polar surface area (TPSA) is 38.0 Å². The molecule has 1 aromatic rings. The van der Waals surface area contributed by atoms with Gasteiger partial charge in [0.1, 0.15) is 5.82 Å². The van der Waals surface area contributed by atoms with E-state index in [2.05, 4.69) is 4.98 Å². The highest BCUT2D eigenvalue weighted by atomic mass is 19.4. The summed E-state index contributed by atoms with van der Waals surface area (Å²) in [7, 11) is 1.41. The van der Waals surface area contributed by atoms with Crippen LogP contribution in [0.25, 0.3) is 0 Å². The standard InChI is InChI=1S/C7H9F3N2O/c1-4-3-12(2)6(11-4)5(13)7(8,9)10/h3,5,13H,1-2H3. The van der Waals surface area contributed by atoms with Gasteiger partial charge in [0.2, 0.25) is 6.10 Å². The number of hydrogen-bond donors (Lipinski definition) is 1. The molecule has 1 N–H and O–H groups in total. The molecule has 0 saturated heterocycles. The van der Waals surface area contributed by atoms with E-state index < -0.39 is 12.3 Å². The molecule has 0 aliphatic rings. The number of aromatic nitrogens is 2. The van der Waals surface area contributed by atoms with Crippen molar-refractivity contribution >= 4 is 0 Å². The Hall–Kier alpha value is -1.04. The summed E-state index contributed by atoms with van der Waals surface area (Å²) < 4.78 is 37.2. The van der Waals surface area contributed by atoms with Crippen molar-refractivity contribution < 1.29 is 18.3 Å². The zero-order valence-electron chi connectivity index (χ0n) is 7.13. The number of hydrogen-bond acceptors (Lipinski definition) is 2. The first-order chi connectivity index (χ1) is 5.82. The number of nitrogens with zero attached hydrogens (tertiary/aromatic N) is 2. The second-order valence-corrected chi connectivity index (χ2v) is 2.80. The van der Waals surface area contributed by atoms with Crippen molar-refractivity contribution in [3.63, 3.8) is 0 Å². The number of aryl methyl sites for hydroxylation is 2. The Morgan fingerprint density at radius 2 is 2.08 bits per heavy atom. The lowest BCUT2D eigenvalue weighted by Gasteiger charge is -2.13. The van der Waals surface area contributed by atoms with Crippen LogP contribution in [-0.4, -0.2) is 20.8 Å². The van der Waals surface area contributed by atoms with Crippen LogP contribution in [0, 0.1) is 6.92 Å². The average Bonchev–Trinajstić information content (AvgIpc) is 2.26. The summed E-state index contributed by atoms with van der Waals surface area (Å²) in [6.45, 7) is 1.56. The predicted molar refractivity (Wildman–Crippen MR) is 39.0 cm³/mol. The molecule has 1 rings (SSSR count). The van der Waals surface area contributed by atoms with Crippen molar-refractivity contribution in [1.82, 2.24) is 9.55 Å². The lowest BCUT2D eigenvalue weighted by molar-refractivity contribution is -0.209. The molecular formula is C7H9F3N2O. The van der Waals surface area contributed by atoms with Crippen LogP contribution >= 0.6 is 0 Å². The highest BCUT2D eigenvalue weighted by Gasteiger charge is 2.41. The lowest BCUT2D eigenvalue weighted by Crippen LogP contribution is -2.23. The SMILES string of the molecule is Cc1cn(C)c(C(O)C(F)(F)F)n1. The summed E-state index contributed by atoms with van der Waals surface area (Å²) in [5, 5.41) is 8.84. The van der Waals surface area contributed by atoms with E-state index in [0.29, 0.717) is 5.69 Å². The molecule has 0 spiro atoms. The number of aliphatic hydroxyl groups is 1. The first-order valence-electron chi connectivity index (χ1n) is 3.57. The molecule has 1 unspecified atom stereocenters. The maximum atomic E-state index is 12.0. The molecule has 1 atom stereocenters. The highest BCUT2D eigenvalue weighted by molar-refractivity contribution is 5.05. The molecule has 0 fully saturated rings. The number of halogens is 3. The molecule has 0 saturated carbocycles. The van der Waals surface area contributed by atoms with E-state index in [0.717, 1.165) is 4.57 Å². The summed E-state index contributed by atoms with van der Waals surface area (Å²) in [6, 6.07) is 0. The normalized spacial score (nSPS) is 14.6. The highest BCUT2D eigenvalue weighted by Crippen LogP contribution is 2.31.